The molecule has 1 N–H and O–H groups in total. The van der Waals surface area contributed by atoms with E-state index in [4.69, 9.17) is 11.6 Å². The molecule has 1 aliphatic rings. The lowest BCUT2D eigenvalue weighted by molar-refractivity contribution is 0.543. The highest BCUT2D eigenvalue weighted by atomic mass is 35.5. The monoisotopic (exact) mass is 287 g/mol. The molecule has 6 heteroatoms. The van der Waals surface area contributed by atoms with Crippen molar-refractivity contribution < 1.29 is 0 Å². The number of anilines is 1. The molecule has 2 heterocycles. The maximum Gasteiger partial charge on any atom is 0.287 e. The molecule has 0 amide bonds. The Bertz CT molecular complexity index is 457. The number of nitrogens with zero attached hydrogens (tertiary/aromatic N) is 2. The first-order chi connectivity index (χ1) is 8.72. The van der Waals surface area contributed by atoms with Gasteiger partial charge in [-0.1, -0.05) is 24.9 Å². The summed E-state index contributed by atoms with van der Waals surface area (Å²) in [6.07, 6.45) is 4.75. The van der Waals surface area contributed by atoms with E-state index in [9.17, 15) is 4.79 Å². The molecule has 0 spiro atoms. The molecule has 1 aromatic heterocycles. The van der Waals surface area contributed by atoms with Crippen LogP contribution in [-0.2, 0) is 6.54 Å². The van der Waals surface area contributed by atoms with Crippen molar-refractivity contribution in [1.82, 2.24) is 9.78 Å². The minimum Gasteiger partial charge on any atom is -0.379 e. The fourth-order valence-corrected chi connectivity index (χ4v) is 3.25. The molecule has 0 aromatic carbocycles. The van der Waals surface area contributed by atoms with Gasteiger partial charge in [-0.2, -0.15) is 16.9 Å². The second kappa shape index (κ2) is 6.48. The summed E-state index contributed by atoms with van der Waals surface area (Å²) in [4.78, 5) is 12.0. The third kappa shape index (κ3) is 3.20. The molecule has 4 nitrogen and oxygen atoms in total. The van der Waals surface area contributed by atoms with Crippen molar-refractivity contribution >= 4 is 29.1 Å². The Balaban J connectivity index is 2.12. The highest BCUT2D eigenvalue weighted by molar-refractivity contribution is 7.99. The third-order valence-electron chi connectivity index (χ3n) is 3.00. The van der Waals surface area contributed by atoms with E-state index in [1.165, 1.54) is 4.68 Å². The van der Waals surface area contributed by atoms with Crippen LogP contribution in [0.3, 0.4) is 0 Å². The lowest BCUT2D eigenvalue weighted by Crippen LogP contribution is -2.26. The second-order valence-electron chi connectivity index (χ2n) is 4.46. The minimum atomic E-state index is -0.194. The average molecular weight is 288 g/mol. The molecule has 1 saturated heterocycles. The minimum absolute atomic E-state index is 0.194. The summed E-state index contributed by atoms with van der Waals surface area (Å²) in [5.41, 5.74) is 0.475. The van der Waals surface area contributed by atoms with E-state index in [0.717, 1.165) is 30.8 Å². The van der Waals surface area contributed by atoms with Crippen molar-refractivity contribution in [3.05, 3.63) is 21.6 Å². The molecule has 18 heavy (non-hydrogen) atoms. The van der Waals surface area contributed by atoms with Gasteiger partial charge in [0.05, 0.1) is 11.9 Å². The van der Waals surface area contributed by atoms with Crippen molar-refractivity contribution in [3.63, 3.8) is 0 Å². The van der Waals surface area contributed by atoms with Gasteiger partial charge in [0.15, 0.2) is 0 Å². The van der Waals surface area contributed by atoms with Crippen LogP contribution in [0, 0.1) is 0 Å². The van der Waals surface area contributed by atoms with E-state index in [-0.39, 0.29) is 10.6 Å². The molecular weight excluding hydrogens is 270 g/mol. The molecule has 1 aromatic rings. The largest absolute Gasteiger partial charge is 0.379 e. The summed E-state index contributed by atoms with van der Waals surface area (Å²) >= 11 is 8.03. The van der Waals surface area contributed by atoms with E-state index in [0.29, 0.717) is 18.3 Å². The third-order valence-corrected chi connectivity index (χ3v) is 4.53. The number of rotatable bonds is 5. The van der Waals surface area contributed by atoms with Gasteiger partial charge < -0.3 is 5.32 Å². The number of thioether (sulfide) groups is 1. The summed E-state index contributed by atoms with van der Waals surface area (Å²) in [6, 6.07) is 0.403. The highest BCUT2D eigenvalue weighted by Crippen LogP contribution is 2.23. The summed E-state index contributed by atoms with van der Waals surface area (Å²) in [6.45, 7) is 2.72. The van der Waals surface area contributed by atoms with Crippen LogP contribution in [0.2, 0.25) is 5.02 Å². The lowest BCUT2D eigenvalue weighted by Gasteiger charge is -2.14. The first-order valence-electron chi connectivity index (χ1n) is 6.32. The molecule has 1 atom stereocenters. The predicted octanol–water partition coefficient (Wildman–Crippen LogP) is 2.61. The van der Waals surface area contributed by atoms with E-state index in [1.807, 2.05) is 11.8 Å². The van der Waals surface area contributed by atoms with Gasteiger partial charge in [-0.3, -0.25) is 4.79 Å². The molecule has 1 aliphatic heterocycles. The van der Waals surface area contributed by atoms with Gasteiger partial charge in [-0.15, -0.1) is 0 Å². The Morgan fingerprint density at radius 3 is 3.17 bits per heavy atom. The van der Waals surface area contributed by atoms with Crippen LogP contribution in [-0.4, -0.2) is 27.3 Å². The van der Waals surface area contributed by atoms with Crippen molar-refractivity contribution in [2.75, 3.05) is 16.8 Å². The smallest absolute Gasteiger partial charge is 0.287 e. The molecule has 0 aliphatic carbocycles. The highest BCUT2D eigenvalue weighted by Gasteiger charge is 2.17. The lowest BCUT2D eigenvalue weighted by atomic mass is 10.2. The quantitative estimate of drug-likeness (QED) is 0.904. The molecule has 1 unspecified atom stereocenters. The second-order valence-corrected chi connectivity index (χ2v) is 5.99. The van der Waals surface area contributed by atoms with Gasteiger partial charge in [0, 0.05) is 18.3 Å². The van der Waals surface area contributed by atoms with Crippen molar-refractivity contribution in [2.45, 2.75) is 38.8 Å². The van der Waals surface area contributed by atoms with Crippen LogP contribution in [0.5, 0.6) is 0 Å². The fraction of sp³-hybridized carbons (Fsp3) is 0.667. The standard InChI is InChI=1S/C12H18ClN3OS/c1-2-3-5-16-12(17)11(13)10(7-14-16)15-9-4-6-18-8-9/h7,9,15H,2-6,8H2,1H3. The Morgan fingerprint density at radius 1 is 1.67 bits per heavy atom. The molecule has 1 fully saturated rings. The SMILES string of the molecule is CCCCn1ncc(NC2CCSC2)c(Cl)c1=O. The van der Waals surface area contributed by atoms with Crippen LogP contribution in [0.4, 0.5) is 5.69 Å². The fourth-order valence-electron chi connectivity index (χ4n) is 1.90. The topological polar surface area (TPSA) is 46.9 Å². The Kier molecular flexibility index (Phi) is 4.95. The van der Waals surface area contributed by atoms with Crippen LogP contribution >= 0.6 is 23.4 Å². The van der Waals surface area contributed by atoms with Crippen LogP contribution < -0.4 is 10.9 Å². The number of nitrogens with one attached hydrogen (secondary N) is 1. The molecular formula is C12H18ClN3OS. The van der Waals surface area contributed by atoms with Crippen LogP contribution in [0.1, 0.15) is 26.2 Å². The Hall–Kier alpha value is -0.680. The van der Waals surface area contributed by atoms with E-state index in [2.05, 4.69) is 17.3 Å². The predicted molar refractivity (Wildman–Crippen MR) is 77.8 cm³/mol. The summed E-state index contributed by atoms with van der Waals surface area (Å²) < 4.78 is 1.44. The Morgan fingerprint density at radius 2 is 2.50 bits per heavy atom. The first kappa shape index (κ1) is 13.7. The van der Waals surface area contributed by atoms with Gasteiger partial charge >= 0.3 is 0 Å². The van der Waals surface area contributed by atoms with Gasteiger partial charge in [0.2, 0.25) is 0 Å². The van der Waals surface area contributed by atoms with Crippen LogP contribution in [0.25, 0.3) is 0 Å². The van der Waals surface area contributed by atoms with Gasteiger partial charge in [-0.05, 0) is 18.6 Å². The zero-order valence-corrected chi connectivity index (χ0v) is 12.1. The van der Waals surface area contributed by atoms with Crippen molar-refractivity contribution in [1.29, 1.82) is 0 Å². The maximum absolute atomic E-state index is 12.0. The van der Waals surface area contributed by atoms with E-state index in [1.54, 1.807) is 6.20 Å². The number of hydrogen-bond acceptors (Lipinski definition) is 4. The molecule has 0 bridgehead atoms. The number of aromatic nitrogens is 2. The molecule has 0 saturated carbocycles. The maximum atomic E-state index is 12.0. The van der Waals surface area contributed by atoms with Crippen molar-refractivity contribution in [2.24, 2.45) is 0 Å². The van der Waals surface area contributed by atoms with Crippen LogP contribution in [0.15, 0.2) is 11.0 Å². The number of unbranched alkanes of at least 4 members (excludes halogenated alkanes) is 1. The summed E-state index contributed by atoms with van der Waals surface area (Å²) in [7, 11) is 0. The normalized spacial score (nSPS) is 19.1. The van der Waals surface area contributed by atoms with E-state index < -0.39 is 0 Å². The first-order valence-corrected chi connectivity index (χ1v) is 7.85. The average Bonchev–Trinajstić information content (AvgIpc) is 2.87. The van der Waals surface area contributed by atoms with Crippen molar-refractivity contribution in [3.8, 4) is 0 Å². The molecule has 0 radical (unpaired) electrons. The molecule has 100 valence electrons. The number of aryl methyl sites for hydroxylation is 1. The zero-order valence-electron chi connectivity index (χ0n) is 10.5. The number of halogens is 1. The zero-order chi connectivity index (χ0) is 13.0. The summed E-state index contributed by atoms with van der Waals surface area (Å²) in [5, 5.41) is 7.74. The van der Waals surface area contributed by atoms with Gasteiger partial charge in [0.1, 0.15) is 5.02 Å². The van der Waals surface area contributed by atoms with Gasteiger partial charge in [-0.25, -0.2) is 4.68 Å². The number of hydrogen-bond donors (Lipinski definition) is 1. The Labute approximate surface area is 116 Å². The molecule has 2 rings (SSSR count). The summed E-state index contributed by atoms with van der Waals surface area (Å²) in [5.74, 6) is 2.23. The van der Waals surface area contributed by atoms with Gasteiger partial charge in [0.25, 0.3) is 5.56 Å². The van der Waals surface area contributed by atoms with E-state index >= 15 is 0 Å².